The topological polar surface area (TPSA) is 66.0 Å². The number of nitrogens with zero attached hydrogens (tertiary/aromatic N) is 2. The second kappa shape index (κ2) is 4.89. The molecule has 82 valence electrons. The third-order valence-corrected chi connectivity index (χ3v) is 2.41. The van der Waals surface area contributed by atoms with Crippen LogP contribution in [0.25, 0.3) is 0 Å². The molecule has 1 heterocycles. The first kappa shape index (κ1) is 11.7. The van der Waals surface area contributed by atoms with Crippen LogP contribution in [0.2, 0.25) is 0 Å². The van der Waals surface area contributed by atoms with Crippen LogP contribution in [0.15, 0.2) is 18.3 Å². The number of nitrogens with two attached hydrogens (primary N) is 1. The molecule has 3 N–H and O–H groups in total. The Morgan fingerprint density at radius 1 is 1.60 bits per heavy atom. The maximum Gasteiger partial charge on any atom is 0.141 e. The van der Waals surface area contributed by atoms with Gasteiger partial charge in [-0.1, -0.05) is 0 Å². The molecule has 0 unspecified atom stereocenters. The number of nitrogens with one attached hydrogen (secondary N) is 1. The lowest BCUT2D eigenvalue weighted by Gasteiger charge is -2.20. The molecule has 0 atom stereocenters. The molecule has 4 heteroatoms. The molecule has 0 bridgehead atoms. The van der Waals surface area contributed by atoms with Gasteiger partial charge in [0.15, 0.2) is 0 Å². The van der Waals surface area contributed by atoms with Crippen molar-refractivity contribution in [3.8, 4) is 0 Å². The fourth-order valence-corrected chi connectivity index (χ4v) is 1.19. The SMILES string of the molecule is CC(C)N(C)Cc1ccnc(C(=N)N)c1. The van der Waals surface area contributed by atoms with Crippen LogP contribution in [0.5, 0.6) is 0 Å². The van der Waals surface area contributed by atoms with Gasteiger partial charge in [-0.15, -0.1) is 0 Å². The molecule has 0 amide bonds. The lowest BCUT2D eigenvalue weighted by molar-refractivity contribution is 0.265. The van der Waals surface area contributed by atoms with E-state index in [9.17, 15) is 0 Å². The predicted molar refractivity (Wildman–Crippen MR) is 61.9 cm³/mol. The molecule has 0 saturated carbocycles. The van der Waals surface area contributed by atoms with Gasteiger partial charge in [-0.3, -0.25) is 15.3 Å². The molecule has 0 spiro atoms. The minimum absolute atomic E-state index is 0.0176. The molecule has 0 aliphatic carbocycles. The summed E-state index contributed by atoms with van der Waals surface area (Å²) in [7, 11) is 2.07. The van der Waals surface area contributed by atoms with Crippen molar-refractivity contribution in [2.45, 2.75) is 26.4 Å². The number of aromatic nitrogens is 1. The minimum atomic E-state index is 0.0176. The molecule has 0 saturated heterocycles. The number of rotatable bonds is 4. The van der Waals surface area contributed by atoms with E-state index in [-0.39, 0.29) is 5.84 Å². The van der Waals surface area contributed by atoms with Crippen LogP contribution < -0.4 is 5.73 Å². The van der Waals surface area contributed by atoms with Gasteiger partial charge in [0.1, 0.15) is 11.5 Å². The summed E-state index contributed by atoms with van der Waals surface area (Å²) < 4.78 is 0. The van der Waals surface area contributed by atoms with E-state index in [1.54, 1.807) is 6.20 Å². The highest BCUT2D eigenvalue weighted by molar-refractivity contribution is 5.93. The summed E-state index contributed by atoms with van der Waals surface area (Å²) in [4.78, 5) is 6.24. The largest absolute Gasteiger partial charge is 0.382 e. The highest BCUT2D eigenvalue weighted by Gasteiger charge is 2.05. The average Bonchev–Trinajstić information content (AvgIpc) is 2.18. The van der Waals surface area contributed by atoms with Crippen molar-refractivity contribution in [1.29, 1.82) is 5.41 Å². The third-order valence-electron chi connectivity index (χ3n) is 2.41. The van der Waals surface area contributed by atoms with E-state index in [1.807, 2.05) is 12.1 Å². The Kier molecular flexibility index (Phi) is 3.80. The summed E-state index contributed by atoms with van der Waals surface area (Å²) in [5.74, 6) is 0.0176. The Morgan fingerprint density at radius 3 is 2.80 bits per heavy atom. The Balaban J connectivity index is 2.78. The van der Waals surface area contributed by atoms with Crippen molar-refractivity contribution in [2.24, 2.45) is 5.73 Å². The van der Waals surface area contributed by atoms with E-state index < -0.39 is 0 Å². The smallest absolute Gasteiger partial charge is 0.141 e. The van der Waals surface area contributed by atoms with Crippen LogP contribution in [0.4, 0.5) is 0 Å². The molecule has 4 nitrogen and oxygen atoms in total. The highest BCUT2D eigenvalue weighted by Crippen LogP contribution is 2.06. The van der Waals surface area contributed by atoms with Gasteiger partial charge in [-0.2, -0.15) is 0 Å². The number of hydrogen-bond donors (Lipinski definition) is 2. The predicted octanol–water partition coefficient (Wildman–Crippen LogP) is 1.21. The van der Waals surface area contributed by atoms with Crippen molar-refractivity contribution in [2.75, 3.05) is 7.05 Å². The molecule has 15 heavy (non-hydrogen) atoms. The van der Waals surface area contributed by atoms with Crippen molar-refractivity contribution in [3.05, 3.63) is 29.6 Å². The van der Waals surface area contributed by atoms with Gasteiger partial charge < -0.3 is 5.73 Å². The number of hydrogen-bond acceptors (Lipinski definition) is 3. The monoisotopic (exact) mass is 206 g/mol. The Morgan fingerprint density at radius 2 is 2.27 bits per heavy atom. The van der Waals surface area contributed by atoms with E-state index in [4.69, 9.17) is 11.1 Å². The maximum atomic E-state index is 7.30. The van der Waals surface area contributed by atoms with Gasteiger partial charge in [0.05, 0.1) is 0 Å². The van der Waals surface area contributed by atoms with Crippen molar-refractivity contribution >= 4 is 5.84 Å². The average molecular weight is 206 g/mol. The lowest BCUT2D eigenvalue weighted by Crippen LogP contribution is -2.25. The van der Waals surface area contributed by atoms with E-state index >= 15 is 0 Å². The van der Waals surface area contributed by atoms with Gasteiger partial charge in [-0.05, 0) is 38.6 Å². The van der Waals surface area contributed by atoms with E-state index in [2.05, 4.69) is 30.8 Å². The summed E-state index contributed by atoms with van der Waals surface area (Å²) in [6, 6.07) is 4.31. The zero-order valence-corrected chi connectivity index (χ0v) is 9.49. The summed E-state index contributed by atoms with van der Waals surface area (Å²) >= 11 is 0. The summed E-state index contributed by atoms with van der Waals surface area (Å²) in [5, 5.41) is 7.30. The molecular weight excluding hydrogens is 188 g/mol. The minimum Gasteiger partial charge on any atom is -0.382 e. The van der Waals surface area contributed by atoms with Crippen LogP contribution in [-0.4, -0.2) is 28.8 Å². The Hall–Kier alpha value is -1.42. The highest BCUT2D eigenvalue weighted by atomic mass is 15.1. The molecule has 0 radical (unpaired) electrons. The second-order valence-corrected chi connectivity index (χ2v) is 3.97. The van der Waals surface area contributed by atoms with E-state index in [0.717, 1.165) is 12.1 Å². The van der Waals surface area contributed by atoms with Crippen molar-refractivity contribution in [3.63, 3.8) is 0 Å². The molecule has 1 aromatic heterocycles. The molecule has 0 aliphatic rings. The normalized spacial score (nSPS) is 11.0. The first-order valence-corrected chi connectivity index (χ1v) is 5.00. The van der Waals surface area contributed by atoms with Gasteiger partial charge in [-0.25, -0.2) is 0 Å². The second-order valence-electron chi connectivity index (χ2n) is 3.97. The Bertz CT molecular complexity index is 346. The van der Waals surface area contributed by atoms with Crippen LogP contribution in [0, 0.1) is 5.41 Å². The van der Waals surface area contributed by atoms with Crippen LogP contribution in [0.3, 0.4) is 0 Å². The fraction of sp³-hybridized carbons (Fsp3) is 0.455. The summed E-state index contributed by atoms with van der Waals surface area (Å²) in [5.41, 5.74) is 7.06. The molecule has 0 aliphatic heterocycles. The first-order chi connectivity index (χ1) is 7.00. The van der Waals surface area contributed by atoms with Crippen molar-refractivity contribution < 1.29 is 0 Å². The summed E-state index contributed by atoms with van der Waals surface area (Å²) in [6.45, 7) is 5.14. The van der Waals surface area contributed by atoms with Crippen LogP contribution in [0.1, 0.15) is 25.1 Å². The van der Waals surface area contributed by atoms with Gasteiger partial charge in [0.25, 0.3) is 0 Å². The van der Waals surface area contributed by atoms with E-state index in [0.29, 0.717) is 11.7 Å². The molecule has 0 fully saturated rings. The van der Waals surface area contributed by atoms with Gasteiger partial charge in [0, 0.05) is 18.8 Å². The first-order valence-electron chi connectivity index (χ1n) is 5.00. The fourth-order valence-electron chi connectivity index (χ4n) is 1.19. The quantitative estimate of drug-likeness (QED) is 0.574. The number of amidine groups is 1. The number of pyridine rings is 1. The van der Waals surface area contributed by atoms with Crippen molar-refractivity contribution in [1.82, 2.24) is 9.88 Å². The molecule has 0 aromatic carbocycles. The third kappa shape index (κ3) is 3.32. The Labute approximate surface area is 90.6 Å². The zero-order valence-electron chi connectivity index (χ0n) is 9.49. The van der Waals surface area contributed by atoms with Crippen LogP contribution >= 0.6 is 0 Å². The molecule has 1 rings (SSSR count). The summed E-state index contributed by atoms with van der Waals surface area (Å²) in [6.07, 6.45) is 1.69. The molecule has 1 aromatic rings. The molecular formula is C11H18N4. The maximum absolute atomic E-state index is 7.30. The standard InChI is InChI=1S/C11H18N4/c1-8(2)15(3)7-9-4-5-14-10(6-9)11(12)13/h4-6,8H,7H2,1-3H3,(H3,12,13). The lowest BCUT2D eigenvalue weighted by atomic mass is 10.2. The van der Waals surface area contributed by atoms with Gasteiger partial charge in [0.2, 0.25) is 0 Å². The number of nitrogen functional groups attached to an aromatic ring is 1. The van der Waals surface area contributed by atoms with E-state index in [1.165, 1.54) is 0 Å². The van der Waals surface area contributed by atoms with Gasteiger partial charge >= 0.3 is 0 Å². The van der Waals surface area contributed by atoms with Crippen LogP contribution in [-0.2, 0) is 6.54 Å². The zero-order chi connectivity index (χ0) is 11.4.